The Kier molecular flexibility index (Phi) is 4.01. The summed E-state index contributed by atoms with van der Waals surface area (Å²) >= 11 is 0. The third-order valence-electron chi connectivity index (χ3n) is 2.53. The van der Waals surface area contributed by atoms with Crippen LogP contribution in [0.2, 0.25) is 0 Å². The molecule has 0 saturated heterocycles. The van der Waals surface area contributed by atoms with Gasteiger partial charge in [-0.05, 0) is 26.1 Å². The van der Waals surface area contributed by atoms with E-state index in [4.69, 9.17) is 10.5 Å². The highest BCUT2D eigenvalue weighted by molar-refractivity contribution is 5.84. The number of amides is 1. The molecule has 17 heavy (non-hydrogen) atoms. The molecular weight excluding hydrogens is 230 g/mol. The molecule has 0 aliphatic heterocycles. The summed E-state index contributed by atoms with van der Waals surface area (Å²) in [5, 5.41) is 2.67. The summed E-state index contributed by atoms with van der Waals surface area (Å²) in [6.07, 6.45) is 0. The van der Waals surface area contributed by atoms with E-state index in [1.165, 1.54) is 26.1 Å². The van der Waals surface area contributed by atoms with Crippen molar-refractivity contribution >= 4 is 5.91 Å². The number of hydrogen-bond donors (Lipinski definition) is 2. The first kappa shape index (κ1) is 13.4. The molecule has 0 heterocycles. The SMILES string of the molecule is CNC(C)(COc1cccc(F)c1F)C(N)=O. The molecule has 0 fully saturated rings. The summed E-state index contributed by atoms with van der Waals surface area (Å²) in [6, 6.07) is 3.57. The second-order valence-corrected chi connectivity index (χ2v) is 3.79. The van der Waals surface area contributed by atoms with Crippen molar-refractivity contribution in [2.24, 2.45) is 5.73 Å². The number of likely N-dealkylation sites (N-methyl/N-ethyl adjacent to an activating group) is 1. The van der Waals surface area contributed by atoms with Crippen molar-refractivity contribution in [3.63, 3.8) is 0 Å². The van der Waals surface area contributed by atoms with Gasteiger partial charge in [0, 0.05) is 0 Å². The van der Waals surface area contributed by atoms with Crippen LogP contribution in [0.3, 0.4) is 0 Å². The van der Waals surface area contributed by atoms with Gasteiger partial charge in [0.05, 0.1) is 0 Å². The van der Waals surface area contributed by atoms with E-state index < -0.39 is 23.1 Å². The van der Waals surface area contributed by atoms with Crippen molar-refractivity contribution in [1.29, 1.82) is 0 Å². The number of primary amides is 1. The maximum absolute atomic E-state index is 13.2. The van der Waals surface area contributed by atoms with Gasteiger partial charge in [0.15, 0.2) is 11.6 Å². The maximum Gasteiger partial charge on any atom is 0.240 e. The summed E-state index contributed by atoms with van der Waals surface area (Å²) in [5.41, 5.74) is 4.02. The third-order valence-corrected chi connectivity index (χ3v) is 2.53. The number of halogens is 2. The van der Waals surface area contributed by atoms with Crippen LogP contribution in [0.4, 0.5) is 8.78 Å². The topological polar surface area (TPSA) is 64.3 Å². The first-order valence-electron chi connectivity index (χ1n) is 4.96. The smallest absolute Gasteiger partial charge is 0.240 e. The van der Waals surface area contributed by atoms with Gasteiger partial charge in [0.25, 0.3) is 0 Å². The Bertz CT molecular complexity index is 426. The molecule has 94 valence electrons. The van der Waals surface area contributed by atoms with Crippen molar-refractivity contribution in [3.05, 3.63) is 29.8 Å². The van der Waals surface area contributed by atoms with Crippen LogP contribution in [0.25, 0.3) is 0 Å². The Hall–Kier alpha value is -1.69. The van der Waals surface area contributed by atoms with Gasteiger partial charge in [0.2, 0.25) is 11.7 Å². The van der Waals surface area contributed by atoms with Crippen molar-refractivity contribution in [2.75, 3.05) is 13.7 Å². The number of hydrogen-bond acceptors (Lipinski definition) is 3. The molecule has 1 amide bonds. The maximum atomic E-state index is 13.2. The summed E-state index contributed by atoms with van der Waals surface area (Å²) in [6.45, 7) is 1.31. The zero-order valence-electron chi connectivity index (χ0n) is 9.59. The Morgan fingerprint density at radius 3 is 2.71 bits per heavy atom. The number of carbonyl (C=O) groups excluding carboxylic acids is 1. The molecule has 3 N–H and O–H groups in total. The average Bonchev–Trinajstić information content (AvgIpc) is 2.30. The molecule has 0 spiro atoms. The number of benzene rings is 1. The van der Waals surface area contributed by atoms with E-state index in [0.717, 1.165) is 6.07 Å². The minimum Gasteiger partial charge on any atom is -0.488 e. The highest BCUT2D eigenvalue weighted by Crippen LogP contribution is 2.20. The first-order valence-corrected chi connectivity index (χ1v) is 4.96. The van der Waals surface area contributed by atoms with E-state index in [9.17, 15) is 13.6 Å². The fraction of sp³-hybridized carbons (Fsp3) is 0.364. The van der Waals surface area contributed by atoms with Crippen LogP contribution in [-0.4, -0.2) is 25.1 Å². The van der Waals surface area contributed by atoms with Gasteiger partial charge in [0.1, 0.15) is 12.1 Å². The van der Waals surface area contributed by atoms with Gasteiger partial charge in [-0.3, -0.25) is 4.79 Å². The molecule has 0 aromatic heterocycles. The van der Waals surface area contributed by atoms with Crippen LogP contribution >= 0.6 is 0 Å². The minimum atomic E-state index is -1.14. The van der Waals surface area contributed by atoms with Crippen molar-refractivity contribution in [3.8, 4) is 5.75 Å². The number of nitrogens with two attached hydrogens (primary N) is 1. The zero-order valence-corrected chi connectivity index (χ0v) is 9.59. The molecule has 0 radical (unpaired) electrons. The normalized spacial score (nSPS) is 14.1. The fourth-order valence-corrected chi connectivity index (χ4v) is 1.08. The van der Waals surface area contributed by atoms with Gasteiger partial charge < -0.3 is 15.8 Å². The molecule has 4 nitrogen and oxygen atoms in total. The van der Waals surface area contributed by atoms with Crippen LogP contribution in [0.1, 0.15) is 6.92 Å². The predicted molar refractivity (Wildman–Crippen MR) is 58.5 cm³/mol. The molecule has 1 aromatic carbocycles. The lowest BCUT2D eigenvalue weighted by Crippen LogP contribution is -2.55. The van der Waals surface area contributed by atoms with Crippen molar-refractivity contribution in [1.82, 2.24) is 5.32 Å². The lowest BCUT2D eigenvalue weighted by molar-refractivity contribution is -0.124. The molecule has 0 aliphatic carbocycles. The summed E-state index contributed by atoms with van der Waals surface area (Å²) in [5.74, 6) is -2.99. The van der Waals surface area contributed by atoms with Crippen molar-refractivity contribution < 1.29 is 18.3 Å². The Labute approximate surface area is 97.8 Å². The molecule has 0 saturated carbocycles. The Balaban J connectivity index is 2.80. The number of ether oxygens (including phenoxy) is 1. The Morgan fingerprint density at radius 1 is 1.53 bits per heavy atom. The number of nitrogens with one attached hydrogen (secondary N) is 1. The molecule has 1 aromatic rings. The lowest BCUT2D eigenvalue weighted by Gasteiger charge is -2.25. The first-order chi connectivity index (χ1) is 7.90. The second-order valence-electron chi connectivity index (χ2n) is 3.79. The molecule has 1 rings (SSSR count). The zero-order chi connectivity index (χ0) is 13.1. The average molecular weight is 244 g/mol. The van der Waals surface area contributed by atoms with Gasteiger partial charge >= 0.3 is 0 Å². The standard InChI is InChI=1S/C11H14F2N2O2/c1-11(15-2,10(14)16)6-17-8-5-3-4-7(12)9(8)13/h3-5,15H,6H2,1-2H3,(H2,14,16). The van der Waals surface area contributed by atoms with E-state index in [1.54, 1.807) is 0 Å². The second kappa shape index (κ2) is 5.09. The fourth-order valence-electron chi connectivity index (χ4n) is 1.08. The summed E-state index contributed by atoms with van der Waals surface area (Å²) in [4.78, 5) is 11.1. The summed E-state index contributed by atoms with van der Waals surface area (Å²) in [7, 11) is 1.52. The van der Waals surface area contributed by atoms with Gasteiger partial charge in [-0.2, -0.15) is 4.39 Å². The summed E-state index contributed by atoms with van der Waals surface area (Å²) < 4.78 is 31.2. The number of carbonyl (C=O) groups is 1. The van der Waals surface area contributed by atoms with E-state index in [-0.39, 0.29) is 12.4 Å². The predicted octanol–water partition coefficient (Wildman–Crippen LogP) is 0.807. The van der Waals surface area contributed by atoms with Crippen LogP contribution in [0.5, 0.6) is 5.75 Å². The van der Waals surface area contributed by atoms with Gasteiger partial charge in [-0.1, -0.05) is 6.07 Å². The lowest BCUT2D eigenvalue weighted by atomic mass is 10.0. The number of rotatable bonds is 5. The van der Waals surface area contributed by atoms with Gasteiger partial charge in [-0.15, -0.1) is 0 Å². The van der Waals surface area contributed by atoms with E-state index in [0.29, 0.717) is 0 Å². The van der Waals surface area contributed by atoms with Crippen molar-refractivity contribution in [2.45, 2.75) is 12.5 Å². The van der Waals surface area contributed by atoms with E-state index >= 15 is 0 Å². The van der Waals surface area contributed by atoms with Crippen LogP contribution in [0, 0.1) is 11.6 Å². The van der Waals surface area contributed by atoms with Crippen LogP contribution in [-0.2, 0) is 4.79 Å². The van der Waals surface area contributed by atoms with Crippen LogP contribution < -0.4 is 15.8 Å². The van der Waals surface area contributed by atoms with E-state index in [1.807, 2.05) is 0 Å². The molecule has 0 aliphatic rings. The third kappa shape index (κ3) is 2.91. The minimum absolute atomic E-state index is 0.195. The highest BCUT2D eigenvalue weighted by atomic mass is 19.2. The quantitative estimate of drug-likeness (QED) is 0.805. The van der Waals surface area contributed by atoms with Gasteiger partial charge in [-0.25, -0.2) is 4.39 Å². The van der Waals surface area contributed by atoms with Crippen LogP contribution in [0.15, 0.2) is 18.2 Å². The van der Waals surface area contributed by atoms with E-state index in [2.05, 4.69) is 5.32 Å². The molecule has 6 heteroatoms. The highest BCUT2D eigenvalue weighted by Gasteiger charge is 2.30. The molecule has 1 atom stereocenters. The largest absolute Gasteiger partial charge is 0.488 e. The molecule has 0 bridgehead atoms. The Morgan fingerprint density at radius 2 is 2.18 bits per heavy atom. The molecule has 1 unspecified atom stereocenters. The molecular formula is C11H14F2N2O2. The monoisotopic (exact) mass is 244 g/mol.